The van der Waals surface area contributed by atoms with E-state index in [1.165, 1.54) is 11.1 Å². The molecule has 1 saturated carbocycles. The molecule has 0 radical (unpaired) electrons. The highest BCUT2D eigenvalue weighted by molar-refractivity contribution is 5.93. The first kappa shape index (κ1) is 15.7. The molecular weight excluding hydrogens is 314 g/mol. The maximum atomic E-state index is 13.5. The molecule has 4 heteroatoms. The van der Waals surface area contributed by atoms with E-state index in [2.05, 4.69) is 38.8 Å². The minimum Gasteiger partial charge on any atom is -0.493 e. The van der Waals surface area contributed by atoms with Crippen LogP contribution in [0.25, 0.3) is 0 Å². The number of ether oxygens (including phenoxy) is 2. The van der Waals surface area contributed by atoms with Gasteiger partial charge < -0.3 is 14.4 Å². The molecule has 2 fully saturated rings. The molecule has 0 aromatic heterocycles. The zero-order valence-corrected chi connectivity index (χ0v) is 15.8. The van der Waals surface area contributed by atoms with E-state index in [0.29, 0.717) is 17.9 Å². The van der Waals surface area contributed by atoms with E-state index in [4.69, 9.17) is 9.47 Å². The summed E-state index contributed by atoms with van der Waals surface area (Å²) < 4.78 is 12.0. The van der Waals surface area contributed by atoms with Crippen LogP contribution in [-0.2, 0) is 16.6 Å². The molecule has 1 aromatic carbocycles. The number of rotatable bonds is 1. The second-order valence-corrected chi connectivity index (χ2v) is 9.07. The van der Waals surface area contributed by atoms with Crippen molar-refractivity contribution < 1.29 is 14.3 Å². The average Bonchev–Trinajstić information content (AvgIpc) is 2.93. The van der Waals surface area contributed by atoms with Crippen LogP contribution in [0.2, 0.25) is 0 Å². The van der Waals surface area contributed by atoms with E-state index in [9.17, 15) is 4.79 Å². The Hall–Kier alpha value is -1.55. The van der Waals surface area contributed by atoms with Gasteiger partial charge in [-0.05, 0) is 49.9 Å². The molecule has 0 amide bonds. The summed E-state index contributed by atoms with van der Waals surface area (Å²) in [7, 11) is 3.93. The van der Waals surface area contributed by atoms with Gasteiger partial charge in [0.25, 0.3) is 0 Å². The minimum absolute atomic E-state index is 0.166. The molecule has 2 aliphatic heterocycles. The molecule has 2 aliphatic carbocycles. The molecule has 5 atom stereocenters. The Balaban J connectivity index is 1.83. The molecule has 4 nitrogen and oxygen atoms in total. The first-order valence-electron chi connectivity index (χ1n) is 9.45. The summed E-state index contributed by atoms with van der Waals surface area (Å²) in [4.78, 5) is 16.0. The van der Waals surface area contributed by atoms with Crippen molar-refractivity contribution in [3.05, 3.63) is 23.3 Å². The lowest BCUT2D eigenvalue weighted by molar-refractivity contribution is -0.162. The Kier molecular flexibility index (Phi) is 2.88. The third kappa shape index (κ3) is 1.57. The van der Waals surface area contributed by atoms with Crippen molar-refractivity contribution in [1.82, 2.24) is 4.90 Å². The SMILES string of the molecule is COc1ccc2c3c1OC1C(=O)C(C)(C)C(C)[C@H]4[C@@H](C2)N(C)CC[C@]314. The van der Waals surface area contributed by atoms with E-state index in [-0.39, 0.29) is 22.7 Å². The monoisotopic (exact) mass is 341 g/mol. The molecule has 1 saturated heterocycles. The Labute approximate surface area is 149 Å². The van der Waals surface area contributed by atoms with E-state index in [0.717, 1.165) is 30.9 Å². The van der Waals surface area contributed by atoms with Gasteiger partial charge in [0.2, 0.25) is 0 Å². The van der Waals surface area contributed by atoms with Crippen LogP contribution in [0.5, 0.6) is 11.5 Å². The van der Waals surface area contributed by atoms with Crippen LogP contribution in [0.4, 0.5) is 0 Å². The summed E-state index contributed by atoms with van der Waals surface area (Å²) in [6.45, 7) is 7.54. The summed E-state index contributed by atoms with van der Waals surface area (Å²) in [6, 6.07) is 4.69. The van der Waals surface area contributed by atoms with Crippen LogP contribution in [0, 0.1) is 17.3 Å². The molecule has 5 rings (SSSR count). The normalized spacial score (nSPS) is 40.4. The number of carbonyl (C=O) groups excluding carboxylic acids is 1. The third-order valence-electron chi connectivity index (χ3n) is 8.03. The third-order valence-corrected chi connectivity index (χ3v) is 8.03. The molecular formula is C21H27NO3. The molecule has 4 aliphatic rings. The number of carbonyl (C=O) groups is 1. The van der Waals surface area contributed by atoms with E-state index in [1.54, 1.807) is 7.11 Å². The molecule has 2 heterocycles. The number of hydrogen-bond acceptors (Lipinski definition) is 4. The Morgan fingerprint density at radius 3 is 2.80 bits per heavy atom. The van der Waals surface area contributed by atoms with Crippen molar-refractivity contribution in [2.75, 3.05) is 20.7 Å². The van der Waals surface area contributed by atoms with Gasteiger partial charge in [-0.15, -0.1) is 0 Å². The molecule has 1 spiro atoms. The lowest BCUT2D eigenvalue weighted by atomic mass is 9.44. The number of methoxy groups -OCH3 is 1. The average molecular weight is 341 g/mol. The van der Waals surface area contributed by atoms with Gasteiger partial charge in [-0.1, -0.05) is 26.8 Å². The Morgan fingerprint density at radius 2 is 2.08 bits per heavy atom. The fourth-order valence-electron chi connectivity index (χ4n) is 6.41. The van der Waals surface area contributed by atoms with E-state index < -0.39 is 0 Å². The van der Waals surface area contributed by atoms with Crippen LogP contribution in [0.15, 0.2) is 12.1 Å². The van der Waals surface area contributed by atoms with Crippen LogP contribution >= 0.6 is 0 Å². The lowest BCUT2D eigenvalue weighted by Gasteiger charge is -2.62. The maximum Gasteiger partial charge on any atom is 0.180 e. The van der Waals surface area contributed by atoms with Gasteiger partial charge in [-0.2, -0.15) is 0 Å². The van der Waals surface area contributed by atoms with Gasteiger partial charge in [0, 0.05) is 22.4 Å². The summed E-state index contributed by atoms with van der Waals surface area (Å²) in [5.41, 5.74) is 2.12. The second kappa shape index (κ2) is 4.59. The largest absolute Gasteiger partial charge is 0.493 e. The molecule has 0 N–H and O–H groups in total. The van der Waals surface area contributed by atoms with Gasteiger partial charge in [0.15, 0.2) is 23.4 Å². The molecule has 2 bridgehead atoms. The highest BCUT2D eigenvalue weighted by Crippen LogP contribution is 2.66. The number of ketones is 1. The fourth-order valence-corrected chi connectivity index (χ4v) is 6.41. The van der Waals surface area contributed by atoms with Crippen molar-refractivity contribution in [2.24, 2.45) is 17.3 Å². The number of piperidine rings is 1. The van der Waals surface area contributed by atoms with Crippen molar-refractivity contribution in [3.63, 3.8) is 0 Å². The number of nitrogens with zero attached hydrogens (tertiary/aromatic N) is 1. The van der Waals surface area contributed by atoms with Crippen molar-refractivity contribution in [1.29, 1.82) is 0 Å². The van der Waals surface area contributed by atoms with Crippen LogP contribution in [0.1, 0.15) is 38.3 Å². The van der Waals surface area contributed by atoms with E-state index >= 15 is 0 Å². The van der Waals surface area contributed by atoms with Gasteiger partial charge in [0.1, 0.15) is 0 Å². The zero-order valence-electron chi connectivity index (χ0n) is 15.8. The summed E-state index contributed by atoms with van der Waals surface area (Å²) in [6.07, 6.45) is 1.68. The van der Waals surface area contributed by atoms with Crippen molar-refractivity contribution in [3.8, 4) is 11.5 Å². The van der Waals surface area contributed by atoms with Crippen LogP contribution < -0.4 is 9.47 Å². The van der Waals surface area contributed by atoms with Gasteiger partial charge >= 0.3 is 0 Å². The fraction of sp³-hybridized carbons (Fsp3) is 0.667. The smallest absolute Gasteiger partial charge is 0.180 e. The van der Waals surface area contributed by atoms with Crippen molar-refractivity contribution in [2.45, 2.75) is 51.2 Å². The molecule has 25 heavy (non-hydrogen) atoms. The number of hydrogen-bond donors (Lipinski definition) is 0. The van der Waals surface area contributed by atoms with Gasteiger partial charge in [-0.25, -0.2) is 0 Å². The summed E-state index contributed by atoms with van der Waals surface area (Å²) in [5.74, 6) is 2.67. The summed E-state index contributed by atoms with van der Waals surface area (Å²) >= 11 is 0. The highest BCUT2D eigenvalue weighted by atomic mass is 16.5. The minimum atomic E-state index is -0.359. The Bertz CT molecular complexity index is 786. The maximum absolute atomic E-state index is 13.5. The molecule has 134 valence electrons. The molecule has 1 aromatic rings. The van der Waals surface area contributed by atoms with Crippen LogP contribution in [-0.4, -0.2) is 43.5 Å². The Morgan fingerprint density at radius 1 is 1.32 bits per heavy atom. The number of Topliss-reactive ketones (excluding diaryl/α,β-unsaturated/α-hetero) is 1. The second-order valence-electron chi connectivity index (χ2n) is 9.07. The van der Waals surface area contributed by atoms with Gasteiger partial charge in [-0.3, -0.25) is 4.79 Å². The quantitative estimate of drug-likeness (QED) is 0.787. The lowest BCUT2D eigenvalue weighted by Crippen LogP contribution is -2.71. The molecule has 2 unspecified atom stereocenters. The first-order valence-corrected chi connectivity index (χ1v) is 9.45. The summed E-state index contributed by atoms with van der Waals surface area (Å²) in [5, 5.41) is 0. The topological polar surface area (TPSA) is 38.8 Å². The zero-order chi connectivity index (χ0) is 17.7. The van der Waals surface area contributed by atoms with Gasteiger partial charge in [0.05, 0.1) is 7.11 Å². The highest BCUT2D eigenvalue weighted by Gasteiger charge is 2.71. The predicted octanol–water partition coefficient (Wildman–Crippen LogP) is 2.82. The van der Waals surface area contributed by atoms with Crippen molar-refractivity contribution >= 4 is 5.78 Å². The number of likely N-dealkylation sites (tertiary alicyclic amines) is 1. The van der Waals surface area contributed by atoms with E-state index in [1.807, 2.05) is 6.07 Å². The number of benzene rings is 1. The van der Waals surface area contributed by atoms with Crippen LogP contribution in [0.3, 0.4) is 0 Å². The first-order chi connectivity index (χ1) is 11.8. The predicted molar refractivity (Wildman–Crippen MR) is 95.3 cm³/mol. The number of likely N-dealkylation sites (N-methyl/N-ethyl adjacent to an activating group) is 1. The standard InChI is InChI=1S/C21H27NO3/c1-11-15-13-10-12-6-7-14(24-5)17-16(12)21(15,8-9-22(13)4)19(25-17)18(23)20(11,2)3/h6-7,11,13,15,19H,8-10H2,1-5H3/t11?,13-,15+,19?,21+/m1/s1.